The molecule has 0 saturated heterocycles. The molecule has 2 aliphatic carbocycles. The third-order valence-electron chi connectivity index (χ3n) is 6.70. The number of hydrogen-bond donors (Lipinski definition) is 0. The zero-order chi connectivity index (χ0) is 15.5. The molecule has 0 N–H and O–H groups in total. The molecular formula is C21H36. The van der Waals surface area contributed by atoms with Gasteiger partial charge in [-0.2, -0.15) is 0 Å². The third kappa shape index (κ3) is 3.63. The summed E-state index contributed by atoms with van der Waals surface area (Å²) in [4.78, 5) is 0. The molecule has 3 unspecified atom stereocenters. The fourth-order valence-corrected chi connectivity index (χ4v) is 4.80. The topological polar surface area (TPSA) is 0 Å². The molecule has 120 valence electrons. The number of fused-ring (bicyclic) bond motifs is 1. The average Bonchev–Trinajstić information content (AvgIpc) is 2.79. The first-order chi connectivity index (χ1) is 9.99. The Morgan fingerprint density at radius 3 is 2.67 bits per heavy atom. The Labute approximate surface area is 133 Å². The van der Waals surface area contributed by atoms with Gasteiger partial charge in [-0.1, -0.05) is 51.5 Å². The van der Waals surface area contributed by atoms with Crippen LogP contribution in [0.25, 0.3) is 0 Å². The van der Waals surface area contributed by atoms with Gasteiger partial charge in [-0.15, -0.1) is 0 Å². The summed E-state index contributed by atoms with van der Waals surface area (Å²) in [5, 5.41) is 0. The van der Waals surface area contributed by atoms with E-state index in [1.807, 2.05) is 0 Å². The largest absolute Gasteiger partial charge is 0.0882 e. The molecule has 2 saturated carbocycles. The van der Waals surface area contributed by atoms with Gasteiger partial charge in [0.25, 0.3) is 0 Å². The Morgan fingerprint density at radius 1 is 1.24 bits per heavy atom. The molecule has 0 aromatic heterocycles. The summed E-state index contributed by atoms with van der Waals surface area (Å²) in [5.74, 6) is 3.35. The van der Waals surface area contributed by atoms with Crippen molar-refractivity contribution in [1.82, 2.24) is 0 Å². The van der Waals surface area contributed by atoms with Crippen molar-refractivity contribution >= 4 is 0 Å². The summed E-state index contributed by atoms with van der Waals surface area (Å²) in [6.45, 7) is 11.8. The van der Waals surface area contributed by atoms with Crippen LogP contribution >= 0.6 is 0 Å². The highest BCUT2D eigenvalue weighted by atomic mass is 14.5. The molecule has 0 heteroatoms. The fraction of sp³-hybridized carbons (Fsp3) is 0.810. The molecule has 0 heterocycles. The van der Waals surface area contributed by atoms with E-state index in [9.17, 15) is 0 Å². The summed E-state index contributed by atoms with van der Waals surface area (Å²) < 4.78 is 0. The van der Waals surface area contributed by atoms with Crippen LogP contribution in [-0.2, 0) is 0 Å². The molecule has 2 fully saturated rings. The molecule has 0 radical (unpaired) electrons. The van der Waals surface area contributed by atoms with Gasteiger partial charge in [-0.25, -0.2) is 0 Å². The van der Waals surface area contributed by atoms with E-state index >= 15 is 0 Å². The molecule has 0 spiro atoms. The monoisotopic (exact) mass is 288 g/mol. The first-order valence-electron chi connectivity index (χ1n) is 9.30. The minimum atomic E-state index is 0.609. The second kappa shape index (κ2) is 7.16. The Balaban J connectivity index is 1.90. The molecule has 2 rings (SSSR count). The Morgan fingerprint density at radius 2 is 2.00 bits per heavy atom. The lowest BCUT2D eigenvalue weighted by Crippen LogP contribution is -2.33. The predicted molar refractivity (Wildman–Crippen MR) is 94.3 cm³/mol. The van der Waals surface area contributed by atoms with Crippen molar-refractivity contribution in [2.24, 2.45) is 29.1 Å². The van der Waals surface area contributed by atoms with Crippen LogP contribution < -0.4 is 0 Å². The van der Waals surface area contributed by atoms with Crippen molar-refractivity contribution in [2.75, 3.05) is 0 Å². The van der Waals surface area contributed by atoms with Crippen molar-refractivity contribution in [1.29, 1.82) is 0 Å². The first kappa shape index (κ1) is 16.8. The number of rotatable bonds is 5. The lowest BCUT2D eigenvalue weighted by molar-refractivity contribution is 0.130. The van der Waals surface area contributed by atoms with Crippen LogP contribution in [0.4, 0.5) is 0 Å². The van der Waals surface area contributed by atoms with Crippen LogP contribution in [0.1, 0.15) is 79.6 Å². The van der Waals surface area contributed by atoms with E-state index in [0.717, 1.165) is 23.7 Å². The lowest BCUT2D eigenvalue weighted by Gasteiger charge is -2.42. The molecule has 0 nitrogen and oxygen atoms in total. The minimum Gasteiger partial charge on any atom is -0.0882 e. The number of allylic oxidation sites excluding steroid dienone is 4. The van der Waals surface area contributed by atoms with Gasteiger partial charge in [0.15, 0.2) is 0 Å². The van der Waals surface area contributed by atoms with E-state index < -0.39 is 0 Å². The van der Waals surface area contributed by atoms with Gasteiger partial charge in [0.2, 0.25) is 0 Å². The maximum atomic E-state index is 2.60. The van der Waals surface area contributed by atoms with Crippen molar-refractivity contribution in [3.05, 3.63) is 23.8 Å². The van der Waals surface area contributed by atoms with Crippen LogP contribution in [0, 0.1) is 29.1 Å². The molecule has 4 atom stereocenters. The van der Waals surface area contributed by atoms with E-state index in [1.54, 1.807) is 5.57 Å². The molecule has 0 aliphatic heterocycles. The zero-order valence-corrected chi connectivity index (χ0v) is 15.0. The van der Waals surface area contributed by atoms with Gasteiger partial charge in [0.05, 0.1) is 0 Å². The average molecular weight is 289 g/mol. The summed E-state index contributed by atoms with van der Waals surface area (Å²) in [6.07, 6.45) is 17.2. The van der Waals surface area contributed by atoms with Gasteiger partial charge < -0.3 is 0 Å². The fourth-order valence-electron chi connectivity index (χ4n) is 4.80. The Kier molecular flexibility index (Phi) is 5.74. The third-order valence-corrected chi connectivity index (χ3v) is 6.70. The first-order valence-corrected chi connectivity index (χ1v) is 9.30. The minimum absolute atomic E-state index is 0.609. The number of hydrogen-bond acceptors (Lipinski definition) is 0. The summed E-state index contributed by atoms with van der Waals surface area (Å²) >= 11 is 0. The van der Waals surface area contributed by atoms with Crippen LogP contribution in [-0.4, -0.2) is 0 Å². The normalized spacial score (nSPS) is 36.6. The molecule has 0 amide bonds. The maximum Gasteiger partial charge on any atom is -0.0147 e. The van der Waals surface area contributed by atoms with Gasteiger partial charge in [-0.3, -0.25) is 0 Å². The van der Waals surface area contributed by atoms with E-state index in [4.69, 9.17) is 0 Å². The van der Waals surface area contributed by atoms with Crippen LogP contribution in [0.5, 0.6) is 0 Å². The Hall–Kier alpha value is -0.520. The van der Waals surface area contributed by atoms with Gasteiger partial charge in [0.1, 0.15) is 0 Å². The smallest absolute Gasteiger partial charge is 0.0147 e. The summed E-state index contributed by atoms with van der Waals surface area (Å²) in [6, 6.07) is 0. The summed E-state index contributed by atoms with van der Waals surface area (Å²) in [5.41, 5.74) is 2.38. The molecule has 0 aromatic carbocycles. The van der Waals surface area contributed by atoms with Crippen molar-refractivity contribution in [3.8, 4) is 0 Å². The highest BCUT2D eigenvalue weighted by molar-refractivity contribution is 5.17. The molecule has 0 aromatic rings. The predicted octanol–water partition coefficient (Wildman–Crippen LogP) is 6.78. The van der Waals surface area contributed by atoms with Crippen molar-refractivity contribution < 1.29 is 0 Å². The second-order valence-corrected chi connectivity index (χ2v) is 8.16. The lowest BCUT2D eigenvalue weighted by atomic mass is 9.63. The van der Waals surface area contributed by atoms with Crippen LogP contribution in [0.3, 0.4) is 0 Å². The van der Waals surface area contributed by atoms with E-state index in [1.165, 1.54) is 44.9 Å². The van der Waals surface area contributed by atoms with Crippen molar-refractivity contribution in [2.45, 2.75) is 79.6 Å². The zero-order valence-electron chi connectivity index (χ0n) is 15.0. The molecule has 0 bridgehead atoms. The molecular weight excluding hydrogens is 252 g/mol. The molecule has 21 heavy (non-hydrogen) atoms. The van der Waals surface area contributed by atoms with E-state index in [2.05, 4.69) is 52.8 Å². The van der Waals surface area contributed by atoms with Crippen LogP contribution in [0.2, 0.25) is 0 Å². The second-order valence-electron chi connectivity index (χ2n) is 8.16. The highest BCUT2D eigenvalue weighted by Crippen LogP contribution is 2.58. The maximum absolute atomic E-state index is 2.60. The van der Waals surface area contributed by atoms with E-state index in [0.29, 0.717) is 5.41 Å². The highest BCUT2D eigenvalue weighted by Gasteiger charge is 2.48. The quantitative estimate of drug-likeness (QED) is 0.489. The molecule has 2 aliphatic rings. The van der Waals surface area contributed by atoms with Crippen molar-refractivity contribution in [3.63, 3.8) is 0 Å². The Bertz CT molecular complexity index is 387. The summed E-state index contributed by atoms with van der Waals surface area (Å²) in [7, 11) is 0. The van der Waals surface area contributed by atoms with Crippen LogP contribution in [0.15, 0.2) is 23.8 Å². The standard InChI is InChI=1S/C21H36/c1-6-18-11-9-15-21(5)19(13-14-20(18)21)12-8-7-10-17(4)16(2)3/h6-7,10,16-17,19-20H,8-9,11-15H2,1-5H3/b10-7+,18-6+/t17-,19?,20?,21?/m0/s1. The SMILES string of the molecule is C/C=C1\CCCC2(C)C(CC/C=C/[C@H](C)C(C)C)CCC12. The van der Waals surface area contributed by atoms with Gasteiger partial charge >= 0.3 is 0 Å². The van der Waals surface area contributed by atoms with Gasteiger partial charge in [0, 0.05) is 0 Å². The van der Waals surface area contributed by atoms with E-state index in [-0.39, 0.29) is 0 Å². The van der Waals surface area contributed by atoms with Gasteiger partial charge in [-0.05, 0) is 81.0 Å².